The van der Waals surface area contributed by atoms with Crippen LogP contribution in [0.3, 0.4) is 0 Å². The van der Waals surface area contributed by atoms with E-state index < -0.39 is 0 Å². The zero-order chi connectivity index (χ0) is 15.4. The van der Waals surface area contributed by atoms with Gasteiger partial charge in [-0.25, -0.2) is 4.79 Å². The summed E-state index contributed by atoms with van der Waals surface area (Å²) in [6.45, 7) is 0.596. The molecule has 6 heteroatoms. The third-order valence-corrected chi connectivity index (χ3v) is 4.25. The largest absolute Gasteiger partial charge is 0.352 e. The van der Waals surface area contributed by atoms with Gasteiger partial charge in [0.2, 0.25) is 5.91 Å². The van der Waals surface area contributed by atoms with Gasteiger partial charge in [0.1, 0.15) is 0 Å². The summed E-state index contributed by atoms with van der Waals surface area (Å²) in [5, 5.41) is 6.96. The molecule has 1 amide bonds. The van der Waals surface area contributed by atoms with Crippen LogP contribution in [0.5, 0.6) is 0 Å². The number of benzene rings is 1. The summed E-state index contributed by atoms with van der Waals surface area (Å²) < 4.78 is 0. The molecule has 0 fully saturated rings. The van der Waals surface area contributed by atoms with Gasteiger partial charge in [-0.2, -0.15) is 11.3 Å². The number of carbonyl (C=O) groups is 1. The number of fused-ring (bicyclic) bond motifs is 1. The van der Waals surface area contributed by atoms with E-state index >= 15 is 0 Å². The Hall–Kier alpha value is -2.34. The molecule has 3 aromatic rings. The standard InChI is InChI=1S/C16H17N3O2S/c20-15(17-9-12-6-7-22-10-12)3-1-2-11-4-5-13-14(8-11)19-16(21)18-13/h4-8,10H,1-3,9H2,(H,17,20)(H2,18,19,21). The van der Waals surface area contributed by atoms with Gasteiger partial charge in [0.25, 0.3) is 0 Å². The molecule has 114 valence electrons. The van der Waals surface area contributed by atoms with Gasteiger partial charge in [-0.05, 0) is 52.9 Å². The molecule has 22 heavy (non-hydrogen) atoms. The SMILES string of the molecule is O=C(CCCc1ccc2[nH]c(=O)[nH]c2c1)NCc1ccsc1. The number of amides is 1. The van der Waals surface area contributed by atoms with Gasteiger partial charge >= 0.3 is 5.69 Å². The van der Waals surface area contributed by atoms with E-state index in [1.165, 1.54) is 0 Å². The van der Waals surface area contributed by atoms with Crippen LogP contribution in [-0.4, -0.2) is 15.9 Å². The molecule has 3 rings (SSSR count). The van der Waals surface area contributed by atoms with Crippen molar-refractivity contribution in [3.05, 3.63) is 56.6 Å². The van der Waals surface area contributed by atoms with E-state index in [4.69, 9.17) is 0 Å². The minimum atomic E-state index is -0.194. The van der Waals surface area contributed by atoms with Crippen LogP contribution in [0.1, 0.15) is 24.0 Å². The highest BCUT2D eigenvalue weighted by Gasteiger charge is 2.04. The number of carbonyl (C=O) groups excluding carboxylic acids is 1. The van der Waals surface area contributed by atoms with Crippen molar-refractivity contribution < 1.29 is 4.79 Å². The number of hydrogen-bond acceptors (Lipinski definition) is 3. The molecule has 1 aromatic carbocycles. The molecule has 0 saturated carbocycles. The van der Waals surface area contributed by atoms with Crippen molar-refractivity contribution in [2.24, 2.45) is 0 Å². The summed E-state index contributed by atoms with van der Waals surface area (Å²) in [7, 11) is 0. The number of H-pyrrole nitrogens is 2. The molecule has 2 heterocycles. The summed E-state index contributed by atoms with van der Waals surface area (Å²) in [6, 6.07) is 7.84. The highest BCUT2D eigenvalue weighted by molar-refractivity contribution is 7.07. The number of aryl methyl sites for hydroxylation is 1. The van der Waals surface area contributed by atoms with Crippen molar-refractivity contribution in [1.29, 1.82) is 0 Å². The van der Waals surface area contributed by atoms with Gasteiger partial charge in [-0.15, -0.1) is 0 Å². The van der Waals surface area contributed by atoms with Crippen LogP contribution < -0.4 is 11.0 Å². The van der Waals surface area contributed by atoms with Crippen LogP contribution in [-0.2, 0) is 17.8 Å². The van der Waals surface area contributed by atoms with Gasteiger partial charge in [-0.3, -0.25) is 4.79 Å². The molecule has 0 unspecified atom stereocenters. The molecule has 3 N–H and O–H groups in total. The van der Waals surface area contributed by atoms with E-state index in [9.17, 15) is 9.59 Å². The molecular formula is C16H17N3O2S. The fourth-order valence-corrected chi connectivity index (χ4v) is 3.04. The van der Waals surface area contributed by atoms with E-state index in [0.29, 0.717) is 13.0 Å². The van der Waals surface area contributed by atoms with Crippen LogP contribution in [0, 0.1) is 0 Å². The maximum atomic E-state index is 11.8. The molecule has 5 nitrogen and oxygen atoms in total. The summed E-state index contributed by atoms with van der Waals surface area (Å²) in [5.41, 5.74) is 3.68. The number of nitrogens with one attached hydrogen (secondary N) is 3. The molecule has 0 radical (unpaired) electrons. The van der Waals surface area contributed by atoms with Gasteiger partial charge in [-0.1, -0.05) is 6.07 Å². The maximum absolute atomic E-state index is 11.8. The smallest absolute Gasteiger partial charge is 0.323 e. The zero-order valence-corrected chi connectivity index (χ0v) is 12.8. The van der Waals surface area contributed by atoms with E-state index in [0.717, 1.165) is 35.0 Å². The van der Waals surface area contributed by atoms with E-state index in [2.05, 4.69) is 15.3 Å². The molecule has 0 bridgehead atoms. The van der Waals surface area contributed by atoms with Crippen LogP contribution in [0.25, 0.3) is 11.0 Å². The molecule has 0 spiro atoms. The number of aromatic amines is 2. The first kappa shape index (κ1) is 14.6. The van der Waals surface area contributed by atoms with E-state index in [1.54, 1.807) is 11.3 Å². The fourth-order valence-electron chi connectivity index (χ4n) is 2.37. The van der Waals surface area contributed by atoms with Crippen LogP contribution in [0.15, 0.2) is 39.8 Å². The Kier molecular flexibility index (Phi) is 4.39. The van der Waals surface area contributed by atoms with Crippen LogP contribution in [0.2, 0.25) is 0 Å². The topological polar surface area (TPSA) is 77.8 Å². The Bertz CT molecular complexity index is 817. The number of imidazole rings is 1. The minimum absolute atomic E-state index is 0.0716. The van der Waals surface area contributed by atoms with Gasteiger partial charge < -0.3 is 15.3 Å². The van der Waals surface area contributed by atoms with E-state index in [-0.39, 0.29) is 11.6 Å². The highest BCUT2D eigenvalue weighted by Crippen LogP contribution is 2.12. The summed E-state index contributed by atoms with van der Waals surface area (Å²) in [4.78, 5) is 28.5. The summed E-state index contributed by atoms with van der Waals surface area (Å²) >= 11 is 1.63. The predicted molar refractivity (Wildman–Crippen MR) is 88.0 cm³/mol. The predicted octanol–water partition coefficient (Wildman–Crippen LogP) is 2.56. The average molecular weight is 315 g/mol. The lowest BCUT2D eigenvalue weighted by Crippen LogP contribution is -2.22. The van der Waals surface area contributed by atoms with E-state index in [1.807, 2.05) is 35.0 Å². The lowest BCUT2D eigenvalue weighted by atomic mass is 10.1. The third kappa shape index (κ3) is 3.65. The minimum Gasteiger partial charge on any atom is -0.352 e. The van der Waals surface area contributed by atoms with Gasteiger partial charge in [0, 0.05) is 13.0 Å². The molecule has 0 atom stereocenters. The van der Waals surface area contributed by atoms with Crippen LogP contribution >= 0.6 is 11.3 Å². The van der Waals surface area contributed by atoms with Crippen molar-refractivity contribution in [2.45, 2.75) is 25.8 Å². The summed E-state index contributed by atoms with van der Waals surface area (Å²) in [5.74, 6) is 0.0716. The van der Waals surface area contributed by atoms with Crippen molar-refractivity contribution in [2.75, 3.05) is 0 Å². The normalized spacial score (nSPS) is 10.9. The Labute approximate surface area is 131 Å². The Morgan fingerprint density at radius 1 is 1.14 bits per heavy atom. The zero-order valence-electron chi connectivity index (χ0n) is 12.0. The fraction of sp³-hybridized carbons (Fsp3) is 0.250. The maximum Gasteiger partial charge on any atom is 0.323 e. The molecule has 2 aromatic heterocycles. The monoisotopic (exact) mass is 315 g/mol. The van der Waals surface area contributed by atoms with Crippen molar-refractivity contribution in [3.8, 4) is 0 Å². The highest BCUT2D eigenvalue weighted by atomic mass is 32.1. The second-order valence-electron chi connectivity index (χ2n) is 5.22. The molecule has 0 aliphatic heterocycles. The Morgan fingerprint density at radius 3 is 2.82 bits per heavy atom. The van der Waals surface area contributed by atoms with Crippen molar-refractivity contribution in [1.82, 2.24) is 15.3 Å². The number of hydrogen-bond donors (Lipinski definition) is 3. The molecular weight excluding hydrogens is 298 g/mol. The second kappa shape index (κ2) is 6.62. The van der Waals surface area contributed by atoms with Crippen LogP contribution in [0.4, 0.5) is 0 Å². The molecule has 0 aliphatic carbocycles. The molecule has 0 saturated heterocycles. The molecule has 0 aliphatic rings. The average Bonchev–Trinajstić information content (AvgIpc) is 3.12. The lowest BCUT2D eigenvalue weighted by molar-refractivity contribution is -0.121. The lowest BCUT2D eigenvalue weighted by Gasteiger charge is -2.04. The van der Waals surface area contributed by atoms with Crippen molar-refractivity contribution >= 4 is 28.3 Å². The Morgan fingerprint density at radius 2 is 2.00 bits per heavy atom. The third-order valence-electron chi connectivity index (χ3n) is 3.52. The summed E-state index contributed by atoms with van der Waals surface area (Å²) in [6.07, 6.45) is 2.11. The van der Waals surface area contributed by atoms with Gasteiger partial charge in [0.05, 0.1) is 11.0 Å². The first-order chi connectivity index (χ1) is 10.7. The van der Waals surface area contributed by atoms with Gasteiger partial charge in [0.15, 0.2) is 0 Å². The second-order valence-corrected chi connectivity index (χ2v) is 6.00. The number of aromatic nitrogens is 2. The number of rotatable bonds is 6. The quantitative estimate of drug-likeness (QED) is 0.654. The number of thiophene rings is 1. The Balaban J connectivity index is 1.47. The first-order valence-corrected chi connectivity index (χ1v) is 8.14. The van der Waals surface area contributed by atoms with Crippen molar-refractivity contribution in [3.63, 3.8) is 0 Å². The first-order valence-electron chi connectivity index (χ1n) is 7.19.